The van der Waals surface area contributed by atoms with E-state index < -0.39 is 0 Å². The van der Waals surface area contributed by atoms with E-state index in [1.807, 2.05) is 77.4 Å². The molecule has 3 aromatic carbocycles. The van der Waals surface area contributed by atoms with Crippen LogP contribution in [-0.2, 0) is 18.7 Å². The van der Waals surface area contributed by atoms with Crippen LogP contribution in [0.15, 0.2) is 94.9 Å². The summed E-state index contributed by atoms with van der Waals surface area (Å²) >= 11 is 14.6. The number of para-hydroxylation sites is 1. The Kier molecular flexibility index (Phi) is 6.97. The topological polar surface area (TPSA) is 39.8 Å². The Morgan fingerprint density at radius 3 is 2.29 bits per heavy atom. The Labute approximate surface area is 215 Å². The van der Waals surface area contributed by atoms with Crippen LogP contribution >= 0.6 is 46.9 Å². The third kappa shape index (κ3) is 4.88. The van der Waals surface area contributed by atoms with Crippen molar-refractivity contribution in [2.75, 3.05) is 0 Å². The van der Waals surface area contributed by atoms with Crippen molar-refractivity contribution in [1.29, 1.82) is 0 Å². The maximum atomic E-state index is 13.7. The van der Waals surface area contributed by atoms with Gasteiger partial charge in [-0.2, -0.15) is 0 Å². The molecule has 2 heterocycles. The van der Waals surface area contributed by atoms with Crippen molar-refractivity contribution in [2.45, 2.75) is 23.9 Å². The predicted molar refractivity (Wildman–Crippen MR) is 145 cm³/mol. The highest BCUT2D eigenvalue weighted by Crippen LogP contribution is 2.27. The van der Waals surface area contributed by atoms with Gasteiger partial charge >= 0.3 is 0 Å². The fourth-order valence-electron chi connectivity index (χ4n) is 3.69. The van der Waals surface area contributed by atoms with Crippen LogP contribution in [0.25, 0.3) is 16.0 Å². The molecule has 8 heteroatoms. The van der Waals surface area contributed by atoms with Crippen LogP contribution < -0.4 is 5.56 Å². The molecule has 0 fully saturated rings. The summed E-state index contributed by atoms with van der Waals surface area (Å²) in [4.78, 5) is 18.7. The minimum atomic E-state index is -0.0932. The highest BCUT2D eigenvalue weighted by Gasteiger charge is 2.18. The molecule has 0 unspecified atom stereocenters. The average molecular weight is 522 g/mol. The zero-order valence-electron chi connectivity index (χ0n) is 18.1. The van der Waals surface area contributed by atoms with Gasteiger partial charge in [-0.1, -0.05) is 95.4 Å². The molecule has 5 aromatic rings. The van der Waals surface area contributed by atoms with Crippen LogP contribution in [0.1, 0.15) is 11.1 Å². The number of thioether (sulfide) groups is 1. The van der Waals surface area contributed by atoms with E-state index in [-0.39, 0.29) is 5.56 Å². The molecule has 2 aromatic heterocycles. The molecule has 0 saturated heterocycles. The summed E-state index contributed by atoms with van der Waals surface area (Å²) in [7, 11) is 0. The highest BCUT2D eigenvalue weighted by molar-refractivity contribution is 7.98. The average Bonchev–Trinajstić information content (AvgIpc) is 3.19. The smallest absolute Gasteiger partial charge is 0.278 e. The van der Waals surface area contributed by atoms with Gasteiger partial charge in [-0.05, 0) is 54.0 Å². The molecule has 0 N–H and O–H groups in total. The molecular weight excluding hydrogens is 502 g/mol. The first kappa shape index (κ1) is 23.1. The van der Waals surface area contributed by atoms with E-state index in [1.54, 1.807) is 4.57 Å². The predicted octanol–water partition coefficient (Wildman–Crippen LogP) is 7.17. The van der Waals surface area contributed by atoms with Crippen LogP contribution in [-0.4, -0.2) is 14.1 Å². The van der Waals surface area contributed by atoms with Crippen molar-refractivity contribution < 1.29 is 0 Å². The fraction of sp³-hybridized carbons (Fsp3) is 0.115. The second-order valence-corrected chi connectivity index (χ2v) is 10.7. The van der Waals surface area contributed by atoms with E-state index in [4.69, 9.17) is 28.8 Å². The molecule has 0 aliphatic heterocycles. The molecule has 170 valence electrons. The van der Waals surface area contributed by atoms with Gasteiger partial charge in [0.05, 0.1) is 5.69 Å². The normalized spacial score (nSPS) is 11.2. The van der Waals surface area contributed by atoms with Crippen molar-refractivity contribution in [3.8, 4) is 5.69 Å². The molecule has 0 aliphatic rings. The maximum Gasteiger partial charge on any atom is 0.278 e. The number of aryl methyl sites for hydroxylation is 2. The van der Waals surface area contributed by atoms with Gasteiger partial charge in [0.25, 0.3) is 5.56 Å². The maximum absolute atomic E-state index is 13.7. The molecule has 34 heavy (non-hydrogen) atoms. The van der Waals surface area contributed by atoms with Gasteiger partial charge < -0.3 is 4.57 Å². The molecule has 0 radical (unpaired) electrons. The van der Waals surface area contributed by atoms with Gasteiger partial charge in [-0.15, -0.1) is 0 Å². The minimum Gasteiger partial charge on any atom is -0.307 e. The third-order valence-electron chi connectivity index (χ3n) is 5.42. The number of halogens is 1. The minimum absolute atomic E-state index is 0.0932. The second kappa shape index (κ2) is 10.3. The number of nitrogens with zero attached hydrogens (tertiary/aromatic N) is 3. The summed E-state index contributed by atoms with van der Waals surface area (Å²) in [6.45, 7) is 0.673. The molecule has 0 amide bonds. The lowest BCUT2D eigenvalue weighted by atomic mass is 10.1. The Bertz CT molecular complexity index is 1540. The standard InChI is InChI=1S/C26H20ClN3OS3/c27-20-13-11-19(12-14-20)17-33-25-28-23-22(24(31)30(25)21-9-5-2-6-10-21)34-26(32)29(23)16-15-18-7-3-1-4-8-18/h1-14H,15-17H2. The zero-order valence-corrected chi connectivity index (χ0v) is 21.3. The molecular formula is C26H20ClN3OS3. The van der Waals surface area contributed by atoms with Crippen LogP contribution in [0.5, 0.6) is 0 Å². The Morgan fingerprint density at radius 1 is 0.912 bits per heavy atom. The summed E-state index contributed by atoms with van der Waals surface area (Å²) in [5.74, 6) is 0.664. The van der Waals surface area contributed by atoms with E-state index in [9.17, 15) is 4.79 Å². The lowest BCUT2D eigenvalue weighted by Crippen LogP contribution is -2.21. The number of aromatic nitrogens is 3. The zero-order chi connectivity index (χ0) is 23.5. The van der Waals surface area contributed by atoms with Gasteiger partial charge in [0.1, 0.15) is 4.70 Å². The van der Waals surface area contributed by atoms with E-state index in [0.29, 0.717) is 36.8 Å². The van der Waals surface area contributed by atoms with Crippen molar-refractivity contribution in [1.82, 2.24) is 14.1 Å². The fourth-order valence-corrected chi connectivity index (χ4v) is 6.09. The number of benzene rings is 3. The molecule has 0 aliphatic carbocycles. The van der Waals surface area contributed by atoms with Gasteiger partial charge in [-0.25, -0.2) is 4.98 Å². The lowest BCUT2D eigenvalue weighted by molar-refractivity contribution is 0.701. The Balaban J connectivity index is 1.58. The largest absolute Gasteiger partial charge is 0.307 e. The first-order valence-corrected chi connectivity index (χ1v) is 13.3. The van der Waals surface area contributed by atoms with Crippen molar-refractivity contribution in [3.05, 3.63) is 115 Å². The van der Waals surface area contributed by atoms with Crippen molar-refractivity contribution in [2.24, 2.45) is 0 Å². The van der Waals surface area contributed by atoms with E-state index in [0.717, 1.165) is 17.7 Å². The number of thiazole rings is 1. The lowest BCUT2D eigenvalue weighted by Gasteiger charge is -2.13. The van der Waals surface area contributed by atoms with Gasteiger partial charge in [0.2, 0.25) is 0 Å². The summed E-state index contributed by atoms with van der Waals surface area (Å²) in [6.07, 6.45) is 0.817. The van der Waals surface area contributed by atoms with Gasteiger partial charge in [0, 0.05) is 17.3 Å². The van der Waals surface area contributed by atoms with E-state index in [1.165, 1.54) is 28.7 Å². The van der Waals surface area contributed by atoms with Crippen LogP contribution in [0.2, 0.25) is 5.02 Å². The molecule has 0 spiro atoms. The Hall–Kier alpha value is -2.71. The number of hydrogen-bond donors (Lipinski definition) is 0. The van der Waals surface area contributed by atoms with Crippen LogP contribution in [0, 0.1) is 3.95 Å². The summed E-state index contributed by atoms with van der Waals surface area (Å²) in [5, 5.41) is 1.34. The first-order chi connectivity index (χ1) is 16.6. The number of hydrogen-bond acceptors (Lipinski definition) is 5. The highest BCUT2D eigenvalue weighted by atomic mass is 35.5. The summed E-state index contributed by atoms with van der Waals surface area (Å²) < 4.78 is 4.92. The van der Waals surface area contributed by atoms with Gasteiger partial charge in [-0.3, -0.25) is 9.36 Å². The van der Waals surface area contributed by atoms with E-state index >= 15 is 0 Å². The molecule has 0 saturated carbocycles. The van der Waals surface area contributed by atoms with Crippen LogP contribution in [0.4, 0.5) is 0 Å². The molecule has 0 bridgehead atoms. The SMILES string of the molecule is O=c1c2sc(=S)n(CCc3ccccc3)c2nc(SCc2ccc(Cl)cc2)n1-c1ccccc1. The summed E-state index contributed by atoms with van der Waals surface area (Å²) in [6, 6.07) is 27.6. The second-order valence-electron chi connectivity index (χ2n) is 7.69. The van der Waals surface area contributed by atoms with Gasteiger partial charge in [0.15, 0.2) is 14.8 Å². The van der Waals surface area contributed by atoms with E-state index in [2.05, 4.69) is 12.1 Å². The molecule has 0 atom stereocenters. The van der Waals surface area contributed by atoms with Crippen molar-refractivity contribution >= 4 is 57.3 Å². The van der Waals surface area contributed by atoms with Crippen molar-refractivity contribution in [3.63, 3.8) is 0 Å². The number of fused-ring (bicyclic) bond motifs is 1. The Morgan fingerprint density at radius 2 is 1.59 bits per heavy atom. The summed E-state index contributed by atoms with van der Waals surface area (Å²) in [5.41, 5.74) is 3.68. The van der Waals surface area contributed by atoms with Crippen LogP contribution in [0.3, 0.4) is 0 Å². The monoisotopic (exact) mass is 521 g/mol. The third-order valence-corrected chi connectivity index (χ3v) is 8.11. The molecule has 5 rings (SSSR count). The first-order valence-electron chi connectivity index (χ1n) is 10.7. The quantitative estimate of drug-likeness (QED) is 0.129. The molecule has 4 nitrogen and oxygen atoms in total. The number of rotatable bonds is 7.